The second-order valence-corrected chi connectivity index (χ2v) is 8.38. The Balaban J connectivity index is 1.62. The van der Waals surface area contributed by atoms with E-state index in [-0.39, 0.29) is 11.5 Å². The lowest BCUT2D eigenvalue weighted by atomic mass is 10.00. The molecule has 1 aliphatic heterocycles. The van der Waals surface area contributed by atoms with E-state index in [1.165, 1.54) is 0 Å². The third kappa shape index (κ3) is 4.49. The average Bonchev–Trinajstić information content (AvgIpc) is 2.98. The first-order valence-electron chi connectivity index (χ1n) is 8.26. The first kappa shape index (κ1) is 18.1. The summed E-state index contributed by atoms with van der Waals surface area (Å²) in [6.45, 7) is -0.446. The molecule has 0 aliphatic carbocycles. The van der Waals surface area contributed by atoms with Crippen molar-refractivity contribution in [3.63, 3.8) is 0 Å². The highest BCUT2D eigenvalue weighted by Gasteiger charge is 2.29. The molecule has 1 fully saturated rings. The van der Waals surface area contributed by atoms with Crippen molar-refractivity contribution in [2.75, 3.05) is 18.1 Å². The molecule has 6 nitrogen and oxygen atoms in total. The van der Waals surface area contributed by atoms with E-state index in [0.717, 1.165) is 11.1 Å². The predicted molar refractivity (Wildman–Crippen MR) is 97.4 cm³/mol. The van der Waals surface area contributed by atoms with Crippen LogP contribution in [0, 0.1) is 0 Å². The van der Waals surface area contributed by atoms with Gasteiger partial charge in [-0.25, -0.2) is 13.2 Å². The fourth-order valence-corrected chi connectivity index (χ4v) is 4.59. The van der Waals surface area contributed by atoms with Gasteiger partial charge in [0, 0.05) is 6.04 Å². The second kappa shape index (κ2) is 7.70. The number of hydrogen-bond donors (Lipinski definition) is 1. The predicted octanol–water partition coefficient (Wildman–Crippen LogP) is 1.81. The van der Waals surface area contributed by atoms with E-state index in [0.29, 0.717) is 12.0 Å². The Kier molecular flexibility index (Phi) is 5.37. The SMILES string of the molecule is O=C(COC(=O)c1ccccc1-c1ccccc1)N[C@@H]1CCS(=O)(=O)C1. The molecule has 0 aromatic heterocycles. The van der Waals surface area contributed by atoms with Crippen LogP contribution in [0.25, 0.3) is 11.1 Å². The first-order chi connectivity index (χ1) is 12.4. The summed E-state index contributed by atoms with van der Waals surface area (Å²) in [7, 11) is -3.07. The molecule has 0 radical (unpaired) electrons. The van der Waals surface area contributed by atoms with Gasteiger partial charge in [0.15, 0.2) is 16.4 Å². The minimum Gasteiger partial charge on any atom is -0.452 e. The maximum atomic E-state index is 12.4. The van der Waals surface area contributed by atoms with Crippen molar-refractivity contribution in [3.8, 4) is 11.1 Å². The number of sulfone groups is 1. The molecule has 2 aromatic rings. The van der Waals surface area contributed by atoms with Gasteiger partial charge in [-0.15, -0.1) is 0 Å². The van der Waals surface area contributed by atoms with Gasteiger partial charge in [0.2, 0.25) is 0 Å². The minimum atomic E-state index is -3.07. The summed E-state index contributed by atoms with van der Waals surface area (Å²) in [6.07, 6.45) is 0.388. The van der Waals surface area contributed by atoms with Crippen LogP contribution in [0.1, 0.15) is 16.8 Å². The lowest BCUT2D eigenvalue weighted by molar-refractivity contribution is -0.124. The number of ether oxygens (including phenoxy) is 1. The Bertz CT molecular complexity index is 909. The van der Waals surface area contributed by atoms with Gasteiger partial charge in [-0.05, 0) is 23.6 Å². The van der Waals surface area contributed by atoms with Gasteiger partial charge in [0.25, 0.3) is 5.91 Å². The van der Waals surface area contributed by atoms with Crippen molar-refractivity contribution in [3.05, 3.63) is 60.2 Å². The molecule has 1 heterocycles. The van der Waals surface area contributed by atoms with Crippen LogP contribution in [0.5, 0.6) is 0 Å². The highest BCUT2D eigenvalue weighted by atomic mass is 32.2. The molecule has 2 aromatic carbocycles. The molecule has 1 aliphatic rings. The van der Waals surface area contributed by atoms with Crippen LogP contribution in [0.2, 0.25) is 0 Å². The van der Waals surface area contributed by atoms with Gasteiger partial charge in [-0.1, -0.05) is 48.5 Å². The molecule has 7 heteroatoms. The highest BCUT2D eigenvalue weighted by molar-refractivity contribution is 7.91. The summed E-state index contributed by atoms with van der Waals surface area (Å²) in [5.74, 6) is -1.09. The molecule has 136 valence electrons. The largest absolute Gasteiger partial charge is 0.452 e. The van der Waals surface area contributed by atoms with Crippen molar-refractivity contribution < 1.29 is 22.7 Å². The molecule has 1 N–H and O–H groups in total. The van der Waals surface area contributed by atoms with Gasteiger partial charge < -0.3 is 10.1 Å². The standard InChI is InChI=1S/C19H19NO5S/c21-18(20-15-10-11-26(23,24)13-15)12-25-19(22)17-9-5-4-8-16(17)14-6-2-1-3-7-14/h1-9,15H,10-13H2,(H,20,21)/t15-/m1/s1. The monoisotopic (exact) mass is 373 g/mol. The van der Waals surface area contributed by atoms with E-state index >= 15 is 0 Å². The maximum absolute atomic E-state index is 12.4. The van der Waals surface area contributed by atoms with Gasteiger partial charge in [0.05, 0.1) is 17.1 Å². The van der Waals surface area contributed by atoms with Gasteiger partial charge in [-0.2, -0.15) is 0 Å². The smallest absolute Gasteiger partial charge is 0.339 e. The summed E-state index contributed by atoms with van der Waals surface area (Å²) < 4.78 is 27.9. The molecular formula is C19H19NO5S. The number of rotatable bonds is 5. The molecule has 1 amide bonds. The first-order valence-corrected chi connectivity index (χ1v) is 10.1. The zero-order chi connectivity index (χ0) is 18.6. The molecule has 0 spiro atoms. The van der Waals surface area contributed by atoms with Crippen molar-refractivity contribution in [1.29, 1.82) is 0 Å². The Labute approximate surface area is 152 Å². The van der Waals surface area contributed by atoms with Crippen LogP contribution < -0.4 is 5.32 Å². The van der Waals surface area contributed by atoms with Crippen molar-refractivity contribution >= 4 is 21.7 Å². The van der Waals surface area contributed by atoms with Crippen molar-refractivity contribution in [2.45, 2.75) is 12.5 Å². The van der Waals surface area contributed by atoms with Crippen molar-refractivity contribution in [2.24, 2.45) is 0 Å². The number of esters is 1. The third-order valence-corrected chi connectivity index (χ3v) is 5.93. The zero-order valence-corrected chi connectivity index (χ0v) is 14.9. The van der Waals surface area contributed by atoms with E-state index in [4.69, 9.17) is 4.74 Å². The van der Waals surface area contributed by atoms with E-state index < -0.39 is 34.4 Å². The van der Waals surface area contributed by atoms with Crippen LogP contribution in [-0.4, -0.2) is 44.4 Å². The van der Waals surface area contributed by atoms with Crippen LogP contribution in [0.3, 0.4) is 0 Å². The van der Waals surface area contributed by atoms with Crippen LogP contribution in [-0.2, 0) is 19.4 Å². The number of carbonyl (C=O) groups excluding carboxylic acids is 2. The minimum absolute atomic E-state index is 0.0659. The molecule has 0 saturated carbocycles. The van der Waals surface area contributed by atoms with Gasteiger partial charge in [0.1, 0.15) is 0 Å². The summed E-state index contributed by atoms with van der Waals surface area (Å²) in [5, 5.41) is 2.59. The highest BCUT2D eigenvalue weighted by Crippen LogP contribution is 2.24. The number of benzene rings is 2. The quantitative estimate of drug-likeness (QED) is 0.808. The molecule has 26 heavy (non-hydrogen) atoms. The van der Waals surface area contributed by atoms with Crippen LogP contribution >= 0.6 is 0 Å². The lowest BCUT2D eigenvalue weighted by Crippen LogP contribution is -2.38. The van der Waals surface area contributed by atoms with Gasteiger partial charge >= 0.3 is 5.97 Å². The molecule has 1 saturated heterocycles. The Morgan fingerprint density at radius 2 is 1.73 bits per heavy atom. The number of hydrogen-bond acceptors (Lipinski definition) is 5. The fourth-order valence-electron chi connectivity index (χ4n) is 2.92. The third-order valence-electron chi connectivity index (χ3n) is 4.16. The number of amides is 1. The molecule has 3 rings (SSSR count). The molecule has 0 unspecified atom stereocenters. The molecular weight excluding hydrogens is 354 g/mol. The van der Waals surface area contributed by atoms with Gasteiger partial charge in [-0.3, -0.25) is 4.79 Å². The Hall–Kier alpha value is -2.67. The normalized spacial score (nSPS) is 18.2. The summed E-state index contributed by atoms with van der Waals surface area (Å²) in [6, 6.07) is 16.0. The Morgan fingerprint density at radius 3 is 2.42 bits per heavy atom. The summed E-state index contributed by atoms with van der Waals surface area (Å²) >= 11 is 0. The molecule has 1 atom stereocenters. The summed E-state index contributed by atoms with van der Waals surface area (Å²) in [4.78, 5) is 24.3. The second-order valence-electron chi connectivity index (χ2n) is 6.16. The van der Waals surface area contributed by atoms with Crippen LogP contribution in [0.4, 0.5) is 0 Å². The lowest BCUT2D eigenvalue weighted by Gasteiger charge is -2.12. The fraction of sp³-hybridized carbons (Fsp3) is 0.263. The average molecular weight is 373 g/mol. The number of carbonyl (C=O) groups is 2. The van der Waals surface area contributed by atoms with E-state index in [1.807, 2.05) is 42.5 Å². The topological polar surface area (TPSA) is 89.5 Å². The van der Waals surface area contributed by atoms with Crippen LogP contribution in [0.15, 0.2) is 54.6 Å². The van der Waals surface area contributed by atoms with E-state index in [1.54, 1.807) is 12.1 Å². The summed E-state index contributed by atoms with van der Waals surface area (Å²) in [5.41, 5.74) is 1.97. The molecule has 0 bridgehead atoms. The zero-order valence-electron chi connectivity index (χ0n) is 14.1. The van der Waals surface area contributed by atoms with E-state index in [9.17, 15) is 18.0 Å². The van der Waals surface area contributed by atoms with Crippen molar-refractivity contribution in [1.82, 2.24) is 5.32 Å². The number of nitrogens with one attached hydrogen (secondary N) is 1. The van der Waals surface area contributed by atoms with E-state index in [2.05, 4.69) is 5.32 Å². The maximum Gasteiger partial charge on any atom is 0.339 e. The Morgan fingerprint density at radius 1 is 1.04 bits per heavy atom.